The molecule has 2 nitrogen and oxygen atoms in total. The Balaban J connectivity index is 1.81. The molecular weight excluding hydrogens is 148 g/mol. The number of nitrogens with one attached hydrogen (secondary N) is 1. The van der Waals surface area contributed by atoms with Crippen LogP contribution in [0.1, 0.15) is 26.2 Å². The fourth-order valence-corrected chi connectivity index (χ4v) is 2.29. The van der Waals surface area contributed by atoms with Crippen molar-refractivity contribution in [2.24, 2.45) is 5.92 Å². The minimum atomic E-state index is 0.874. The quantitative estimate of drug-likeness (QED) is 0.664. The molecule has 0 aliphatic carbocycles. The van der Waals surface area contributed by atoms with Crippen LogP contribution >= 0.6 is 0 Å². The normalized spacial score (nSPS) is 33.2. The van der Waals surface area contributed by atoms with Gasteiger partial charge < -0.3 is 5.32 Å². The van der Waals surface area contributed by atoms with Crippen LogP contribution in [0, 0.1) is 5.92 Å². The first kappa shape index (κ1) is 8.52. The average Bonchev–Trinajstić information content (AvgIpc) is 2.02. The number of rotatable bonds is 2. The lowest BCUT2D eigenvalue weighted by atomic mass is 9.93. The Labute approximate surface area is 75.3 Å². The molecule has 2 aliphatic rings. The van der Waals surface area contributed by atoms with E-state index in [0.29, 0.717) is 0 Å². The summed E-state index contributed by atoms with van der Waals surface area (Å²) in [5.74, 6) is 0.986. The zero-order valence-corrected chi connectivity index (χ0v) is 8.05. The largest absolute Gasteiger partial charge is 0.314 e. The third-order valence-corrected chi connectivity index (χ3v) is 3.40. The Morgan fingerprint density at radius 1 is 1.42 bits per heavy atom. The summed E-state index contributed by atoms with van der Waals surface area (Å²) >= 11 is 0. The predicted octanol–water partition coefficient (Wildman–Crippen LogP) is 1.08. The molecule has 2 heterocycles. The lowest BCUT2D eigenvalue weighted by Crippen LogP contribution is -2.59. The lowest BCUT2D eigenvalue weighted by molar-refractivity contribution is 0.0895. The number of nitrogens with zero attached hydrogens (tertiary/aromatic N) is 1. The summed E-state index contributed by atoms with van der Waals surface area (Å²) in [6.07, 6.45) is 4.26. The van der Waals surface area contributed by atoms with E-state index < -0.39 is 0 Å². The number of likely N-dealkylation sites (tertiary alicyclic amines) is 1. The van der Waals surface area contributed by atoms with E-state index in [-0.39, 0.29) is 0 Å². The summed E-state index contributed by atoms with van der Waals surface area (Å²) in [5, 5.41) is 3.35. The van der Waals surface area contributed by atoms with Crippen molar-refractivity contribution in [2.45, 2.75) is 32.2 Å². The number of hydrogen-bond acceptors (Lipinski definition) is 2. The van der Waals surface area contributed by atoms with Crippen LogP contribution in [0.5, 0.6) is 0 Å². The van der Waals surface area contributed by atoms with E-state index in [1.807, 2.05) is 0 Å². The van der Waals surface area contributed by atoms with Gasteiger partial charge in [-0.05, 0) is 25.3 Å². The lowest BCUT2D eigenvalue weighted by Gasteiger charge is -2.42. The zero-order chi connectivity index (χ0) is 8.39. The molecule has 12 heavy (non-hydrogen) atoms. The van der Waals surface area contributed by atoms with Crippen molar-refractivity contribution < 1.29 is 0 Å². The fraction of sp³-hybridized carbons (Fsp3) is 1.00. The molecule has 2 rings (SSSR count). The highest BCUT2D eigenvalue weighted by atomic mass is 15.2. The molecule has 1 unspecified atom stereocenters. The van der Waals surface area contributed by atoms with Gasteiger partial charge in [0.15, 0.2) is 0 Å². The van der Waals surface area contributed by atoms with Crippen LogP contribution in [0.3, 0.4) is 0 Å². The van der Waals surface area contributed by atoms with Gasteiger partial charge in [-0.1, -0.05) is 13.3 Å². The maximum Gasteiger partial charge on any atom is 0.0345 e. The van der Waals surface area contributed by atoms with Crippen LogP contribution in [-0.2, 0) is 0 Å². The van der Waals surface area contributed by atoms with Gasteiger partial charge in [-0.3, -0.25) is 4.90 Å². The molecule has 0 aromatic heterocycles. The maximum absolute atomic E-state index is 3.35. The Bertz CT molecular complexity index is 143. The Hall–Kier alpha value is -0.0800. The molecule has 1 atom stereocenters. The van der Waals surface area contributed by atoms with Crippen LogP contribution in [0.25, 0.3) is 0 Å². The van der Waals surface area contributed by atoms with Gasteiger partial charge in [0.25, 0.3) is 0 Å². The summed E-state index contributed by atoms with van der Waals surface area (Å²) in [4.78, 5) is 2.69. The molecule has 1 N–H and O–H groups in total. The smallest absolute Gasteiger partial charge is 0.0345 e. The summed E-state index contributed by atoms with van der Waals surface area (Å²) in [6.45, 7) is 7.51. The highest BCUT2D eigenvalue weighted by Crippen LogP contribution is 2.21. The van der Waals surface area contributed by atoms with Crippen LogP contribution in [0.4, 0.5) is 0 Å². The minimum absolute atomic E-state index is 0.874. The van der Waals surface area contributed by atoms with Crippen molar-refractivity contribution in [3.8, 4) is 0 Å². The van der Waals surface area contributed by atoms with E-state index in [1.165, 1.54) is 45.4 Å². The SMILES string of the molecule is CCC1CCCN(C2CNC2)C1. The van der Waals surface area contributed by atoms with Gasteiger partial charge in [-0.15, -0.1) is 0 Å². The first-order valence-corrected chi connectivity index (χ1v) is 5.35. The minimum Gasteiger partial charge on any atom is -0.314 e. The van der Waals surface area contributed by atoms with Crippen molar-refractivity contribution in [3.63, 3.8) is 0 Å². The molecule has 70 valence electrons. The third-order valence-electron chi connectivity index (χ3n) is 3.40. The van der Waals surface area contributed by atoms with Crippen LogP contribution in [0.15, 0.2) is 0 Å². The van der Waals surface area contributed by atoms with E-state index in [1.54, 1.807) is 0 Å². The molecule has 2 saturated heterocycles. The molecular formula is C10H20N2. The van der Waals surface area contributed by atoms with Gasteiger partial charge in [0.05, 0.1) is 0 Å². The van der Waals surface area contributed by atoms with Crippen LogP contribution in [0.2, 0.25) is 0 Å². The predicted molar refractivity (Wildman–Crippen MR) is 51.2 cm³/mol. The number of piperidine rings is 1. The molecule has 2 fully saturated rings. The molecule has 0 aromatic rings. The fourth-order valence-electron chi connectivity index (χ4n) is 2.29. The molecule has 2 heteroatoms. The third kappa shape index (κ3) is 1.64. The van der Waals surface area contributed by atoms with Crippen molar-refractivity contribution in [2.75, 3.05) is 26.2 Å². The molecule has 0 amide bonds. The molecule has 0 saturated carbocycles. The Morgan fingerprint density at radius 2 is 2.25 bits per heavy atom. The summed E-state index contributed by atoms with van der Waals surface area (Å²) in [6, 6.07) is 0.874. The van der Waals surface area contributed by atoms with Gasteiger partial charge in [-0.25, -0.2) is 0 Å². The van der Waals surface area contributed by atoms with E-state index in [0.717, 1.165) is 12.0 Å². The van der Waals surface area contributed by atoms with E-state index in [9.17, 15) is 0 Å². The molecule has 0 bridgehead atoms. The van der Waals surface area contributed by atoms with Gasteiger partial charge >= 0.3 is 0 Å². The van der Waals surface area contributed by atoms with Gasteiger partial charge in [-0.2, -0.15) is 0 Å². The first-order valence-electron chi connectivity index (χ1n) is 5.35. The molecule has 0 aromatic carbocycles. The average molecular weight is 168 g/mol. The van der Waals surface area contributed by atoms with Crippen molar-refractivity contribution in [3.05, 3.63) is 0 Å². The summed E-state index contributed by atoms with van der Waals surface area (Å²) in [7, 11) is 0. The zero-order valence-electron chi connectivity index (χ0n) is 8.05. The van der Waals surface area contributed by atoms with Crippen LogP contribution < -0.4 is 5.32 Å². The topological polar surface area (TPSA) is 15.3 Å². The van der Waals surface area contributed by atoms with Gasteiger partial charge in [0.2, 0.25) is 0 Å². The first-order chi connectivity index (χ1) is 5.90. The molecule has 0 spiro atoms. The monoisotopic (exact) mass is 168 g/mol. The second kappa shape index (κ2) is 3.75. The van der Waals surface area contributed by atoms with Gasteiger partial charge in [0, 0.05) is 25.7 Å². The molecule has 2 aliphatic heterocycles. The van der Waals surface area contributed by atoms with Crippen molar-refractivity contribution in [1.29, 1.82) is 0 Å². The second-order valence-corrected chi connectivity index (χ2v) is 4.22. The van der Waals surface area contributed by atoms with E-state index in [4.69, 9.17) is 0 Å². The summed E-state index contributed by atoms with van der Waals surface area (Å²) in [5.41, 5.74) is 0. The number of hydrogen-bond donors (Lipinski definition) is 1. The maximum atomic E-state index is 3.35. The highest BCUT2D eigenvalue weighted by Gasteiger charge is 2.28. The van der Waals surface area contributed by atoms with Crippen LogP contribution in [-0.4, -0.2) is 37.1 Å². The molecule has 0 radical (unpaired) electrons. The standard InChI is InChI=1S/C10H20N2/c1-2-9-4-3-5-12(8-9)10-6-11-7-10/h9-11H,2-8H2,1H3. The van der Waals surface area contributed by atoms with Crippen molar-refractivity contribution in [1.82, 2.24) is 10.2 Å². The summed E-state index contributed by atoms with van der Waals surface area (Å²) < 4.78 is 0. The Kier molecular flexibility index (Phi) is 2.66. The highest BCUT2D eigenvalue weighted by molar-refractivity contribution is 4.87. The van der Waals surface area contributed by atoms with E-state index in [2.05, 4.69) is 17.1 Å². The second-order valence-electron chi connectivity index (χ2n) is 4.22. The van der Waals surface area contributed by atoms with E-state index >= 15 is 0 Å². The van der Waals surface area contributed by atoms with Crippen molar-refractivity contribution >= 4 is 0 Å². The van der Waals surface area contributed by atoms with Gasteiger partial charge in [0.1, 0.15) is 0 Å². The Morgan fingerprint density at radius 3 is 2.83 bits per heavy atom.